The summed E-state index contributed by atoms with van der Waals surface area (Å²) in [6.45, 7) is -3.22. The minimum Gasteiger partial charge on any atom is -0.467 e. The minimum absolute atomic E-state index is 0.0762. The van der Waals surface area contributed by atoms with E-state index in [1.54, 1.807) is 12.1 Å². The van der Waals surface area contributed by atoms with Gasteiger partial charge in [-0.3, -0.25) is 4.79 Å². The molecule has 1 aromatic carbocycles. The van der Waals surface area contributed by atoms with E-state index >= 15 is 0 Å². The van der Waals surface area contributed by atoms with E-state index in [9.17, 15) is 18.4 Å². The van der Waals surface area contributed by atoms with Gasteiger partial charge in [0.1, 0.15) is 11.5 Å². The van der Waals surface area contributed by atoms with Gasteiger partial charge in [0.2, 0.25) is 0 Å². The van der Waals surface area contributed by atoms with Crippen molar-refractivity contribution in [1.82, 2.24) is 5.32 Å². The highest BCUT2D eigenvalue weighted by molar-refractivity contribution is 5.91. The predicted octanol–water partition coefficient (Wildman–Crippen LogP) is 2.35. The van der Waals surface area contributed by atoms with E-state index in [0.29, 0.717) is 5.76 Å². The molecule has 1 aromatic heterocycles. The molecule has 2 aromatic rings. The molecule has 0 aliphatic carbocycles. The summed E-state index contributed by atoms with van der Waals surface area (Å²) >= 11 is 0. The first-order valence-corrected chi connectivity index (χ1v) is 6.55. The Morgan fingerprint density at radius 1 is 1.17 bits per heavy atom. The van der Waals surface area contributed by atoms with E-state index in [1.165, 1.54) is 30.5 Å². The monoisotopic (exact) mass is 325 g/mol. The van der Waals surface area contributed by atoms with Gasteiger partial charge in [-0.25, -0.2) is 4.79 Å². The molecule has 0 saturated heterocycles. The molecule has 0 bridgehead atoms. The lowest BCUT2D eigenvalue weighted by Crippen LogP contribution is -2.28. The number of ether oxygens (including phenoxy) is 2. The van der Waals surface area contributed by atoms with Gasteiger partial charge in [0.25, 0.3) is 5.91 Å². The number of benzene rings is 1. The highest BCUT2D eigenvalue weighted by Gasteiger charge is 2.11. The molecule has 8 heteroatoms. The van der Waals surface area contributed by atoms with Crippen LogP contribution in [0.2, 0.25) is 0 Å². The lowest BCUT2D eigenvalue weighted by atomic mass is 10.2. The van der Waals surface area contributed by atoms with E-state index in [4.69, 9.17) is 9.15 Å². The van der Waals surface area contributed by atoms with Crippen LogP contribution in [0, 0.1) is 0 Å². The molecule has 2 rings (SSSR count). The number of esters is 1. The Bertz CT molecular complexity index is 640. The van der Waals surface area contributed by atoms with E-state index in [2.05, 4.69) is 10.1 Å². The Hall–Kier alpha value is -2.90. The van der Waals surface area contributed by atoms with Crippen molar-refractivity contribution < 1.29 is 32.3 Å². The largest absolute Gasteiger partial charge is 0.467 e. The fraction of sp³-hybridized carbons (Fsp3) is 0.200. The third-order valence-corrected chi connectivity index (χ3v) is 2.69. The molecule has 23 heavy (non-hydrogen) atoms. The van der Waals surface area contributed by atoms with E-state index in [1.807, 2.05) is 0 Å². The van der Waals surface area contributed by atoms with E-state index in [-0.39, 0.29) is 17.9 Å². The summed E-state index contributed by atoms with van der Waals surface area (Å²) < 4.78 is 38.0. The van der Waals surface area contributed by atoms with Gasteiger partial charge in [0, 0.05) is 0 Å². The first-order valence-electron chi connectivity index (χ1n) is 6.55. The van der Waals surface area contributed by atoms with Crippen LogP contribution in [0.1, 0.15) is 16.1 Å². The highest BCUT2D eigenvalue weighted by Crippen LogP contribution is 2.15. The summed E-state index contributed by atoms with van der Waals surface area (Å²) in [5.41, 5.74) is 0.116. The van der Waals surface area contributed by atoms with Crippen LogP contribution in [0.4, 0.5) is 8.78 Å². The Balaban J connectivity index is 1.76. The number of furan rings is 1. The number of carbonyl (C=O) groups excluding carboxylic acids is 2. The van der Waals surface area contributed by atoms with Crippen LogP contribution in [0.15, 0.2) is 47.1 Å². The van der Waals surface area contributed by atoms with Crippen molar-refractivity contribution in [1.29, 1.82) is 0 Å². The van der Waals surface area contributed by atoms with Gasteiger partial charge in [-0.05, 0) is 36.4 Å². The minimum atomic E-state index is -2.94. The molecular weight excluding hydrogens is 312 g/mol. The summed E-state index contributed by atoms with van der Waals surface area (Å²) in [6, 6.07) is 8.32. The quantitative estimate of drug-likeness (QED) is 0.791. The van der Waals surface area contributed by atoms with Crippen LogP contribution in [-0.4, -0.2) is 25.1 Å². The Morgan fingerprint density at radius 2 is 1.91 bits per heavy atom. The zero-order valence-corrected chi connectivity index (χ0v) is 11.8. The molecule has 0 radical (unpaired) electrons. The van der Waals surface area contributed by atoms with Gasteiger partial charge in [-0.2, -0.15) is 8.78 Å². The number of hydrogen-bond donors (Lipinski definition) is 1. The molecular formula is C15H13F2NO5. The number of hydrogen-bond acceptors (Lipinski definition) is 5. The number of amides is 1. The first-order chi connectivity index (χ1) is 11.0. The van der Waals surface area contributed by atoms with Gasteiger partial charge in [-0.15, -0.1) is 0 Å². The van der Waals surface area contributed by atoms with Gasteiger partial charge >= 0.3 is 12.6 Å². The van der Waals surface area contributed by atoms with Crippen LogP contribution in [0.3, 0.4) is 0 Å². The standard InChI is InChI=1S/C15H13F2NO5/c16-15(17)23-11-5-3-10(4-6-11)14(20)22-9-13(19)18-8-12-2-1-7-21-12/h1-7,15H,8-9H2,(H,18,19). The number of halogens is 2. The lowest BCUT2D eigenvalue weighted by molar-refractivity contribution is -0.124. The maximum atomic E-state index is 12.0. The summed E-state index contributed by atoms with van der Waals surface area (Å²) in [5.74, 6) is -0.749. The van der Waals surface area contributed by atoms with E-state index < -0.39 is 25.1 Å². The van der Waals surface area contributed by atoms with Crippen molar-refractivity contribution in [3.05, 3.63) is 54.0 Å². The average molecular weight is 325 g/mol. The third kappa shape index (κ3) is 5.42. The molecule has 0 atom stereocenters. The average Bonchev–Trinajstić information content (AvgIpc) is 3.04. The van der Waals surface area contributed by atoms with Crippen LogP contribution in [0.25, 0.3) is 0 Å². The van der Waals surface area contributed by atoms with Gasteiger partial charge < -0.3 is 19.2 Å². The molecule has 0 aliphatic rings. The highest BCUT2D eigenvalue weighted by atomic mass is 19.3. The van der Waals surface area contributed by atoms with E-state index in [0.717, 1.165) is 0 Å². The summed E-state index contributed by atoms with van der Waals surface area (Å²) in [5, 5.41) is 2.51. The van der Waals surface area contributed by atoms with Crippen molar-refractivity contribution in [2.45, 2.75) is 13.2 Å². The van der Waals surface area contributed by atoms with Crippen molar-refractivity contribution in [3.63, 3.8) is 0 Å². The second kappa shape index (κ2) is 7.92. The molecule has 0 saturated carbocycles. The molecule has 0 fully saturated rings. The SMILES string of the molecule is O=C(COC(=O)c1ccc(OC(F)F)cc1)NCc1ccco1. The van der Waals surface area contributed by atoms with Crippen LogP contribution < -0.4 is 10.1 Å². The zero-order valence-electron chi connectivity index (χ0n) is 11.8. The van der Waals surface area contributed by atoms with Crippen LogP contribution in [-0.2, 0) is 16.1 Å². The van der Waals surface area contributed by atoms with Crippen molar-refractivity contribution >= 4 is 11.9 Å². The molecule has 1 N–H and O–H groups in total. The van der Waals surface area contributed by atoms with Gasteiger partial charge in [0.05, 0.1) is 18.4 Å². The fourth-order valence-corrected chi connectivity index (χ4v) is 1.64. The molecule has 0 spiro atoms. The second-order valence-electron chi connectivity index (χ2n) is 4.34. The molecule has 0 unspecified atom stereocenters. The summed E-state index contributed by atoms with van der Waals surface area (Å²) in [4.78, 5) is 23.2. The molecule has 0 aliphatic heterocycles. The third-order valence-electron chi connectivity index (χ3n) is 2.69. The van der Waals surface area contributed by atoms with Crippen molar-refractivity contribution in [3.8, 4) is 5.75 Å². The number of alkyl halides is 2. The number of nitrogens with one attached hydrogen (secondary N) is 1. The molecule has 122 valence electrons. The summed E-state index contributed by atoms with van der Waals surface area (Å²) in [7, 11) is 0. The predicted molar refractivity (Wildman–Crippen MR) is 73.9 cm³/mol. The van der Waals surface area contributed by atoms with Crippen molar-refractivity contribution in [2.24, 2.45) is 0 Å². The molecule has 1 heterocycles. The first kappa shape index (κ1) is 16.5. The van der Waals surface area contributed by atoms with Gasteiger partial charge in [0.15, 0.2) is 6.61 Å². The Morgan fingerprint density at radius 3 is 2.52 bits per heavy atom. The maximum Gasteiger partial charge on any atom is 0.387 e. The smallest absolute Gasteiger partial charge is 0.387 e. The normalized spacial score (nSPS) is 10.4. The van der Waals surface area contributed by atoms with Gasteiger partial charge in [-0.1, -0.05) is 0 Å². The summed E-state index contributed by atoms with van der Waals surface area (Å²) in [6.07, 6.45) is 1.48. The number of rotatable bonds is 7. The lowest BCUT2D eigenvalue weighted by Gasteiger charge is -2.07. The fourth-order valence-electron chi connectivity index (χ4n) is 1.64. The van der Waals surface area contributed by atoms with Crippen LogP contribution in [0.5, 0.6) is 5.75 Å². The number of carbonyl (C=O) groups is 2. The maximum absolute atomic E-state index is 12.0. The molecule has 6 nitrogen and oxygen atoms in total. The zero-order chi connectivity index (χ0) is 16.7. The van der Waals surface area contributed by atoms with Crippen molar-refractivity contribution in [2.75, 3.05) is 6.61 Å². The Labute approximate surface area is 130 Å². The Kier molecular flexibility index (Phi) is 5.67. The topological polar surface area (TPSA) is 77.8 Å². The van der Waals surface area contributed by atoms with Crippen LogP contribution >= 0.6 is 0 Å². The molecule has 1 amide bonds. The second-order valence-corrected chi connectivity index (χ2v) is 4.34.